The molecule has 2 bridgehead atoms. The number of carbonyl (C=O) groups excluding carboxylic acids is 3. The van der Waals surface area contributed by atoms with Crippen LogP contribution in [0.1, 0.15) is 32.1 Å². The van der Waals surface area contributed by atoms with E-state index in [4.69, 9.17) is 21.1 Å². The number of esters is 1. The van der Waals surface area contributed by atoms with Gasteiger partial charge in [-0.15, -0.1) is 13.2 Å². The number of unbranched alkanes of at least 4 members (excludes halogenated alkanes) is 1. The summed E-state index contributed by atoms with van der Waals surface area (Å²) >= 11 is 6.45. The summed E-state index contributed by atoms with van der Waals surface area (Å²) in [5, 5.41) is 9.70. The lowest BCUT2D eigenvalue weighted by Crippen LogP contribution is -2.56. The molecular weight excluding hydrogens is 484 g/mol. The number of para-hydroxylation sites is 1. The van der Waals surface area contributed by atoms with Crippen LogP contribution in [0.15, 0.2) is 49.6 Å². The normalized spacial score (nSPS) is 28.2. The van der Waals surface area contributed by atoms with Gasteiger partial charge < -0.3 is 24.4 Å². The highest BCUT2D eigenvalue weighted by Gasteiger charge is 2.75. The van der Waals surface area contributed by atoms with Gasteiger partial charge in [0.25, 0.3) is 5.91 Å². The number of aliphatic hydroxyl groups excluding tert-OH is 1. The molecule has 0 aromatic heterocycles. The third kappa shape index (κ3) is 4.46. The van der Waals surface area contributed by atoms with Crippen LogP contribution in [-0.2, 0) is 23.9 Å². The van der Waals surface area contributed by atoms with Crippen LogP contribution in [-0.4, -0.2) is 71.8 Å². The third-order valence-corrected chi connectivity index (χ3v) is 7.72. The molecule has 2 amide bonds. The number of fused-ring (bicyclic) bond motifs is 1. The molecule has 4 rings (SSSR count). The fourth-order valence-electron chi connectivity index (χ4n) is 5.93. The summed E-state index contributed by atoms with van der Waals surface area (Å²) in [5.41, 5.74) is -0.611. The highest BCUT2D eigenvalue weighted by atomic mass is 35.5. The zero-order chi connectivity index (χ0) is 25.9. The minimum Gasteiger partial charge on any atom is -0.465 e. The van der Waals surface area contributed by atoms with E-state index in [1.807, 2.05) is 0 Å². The number of hydrogen-bond acceptors (Lipinski definition) is 6. The maximum absolute atomic E-state index is 14.3. The molecule has 194 valence electrons. The van der Waals surface area contributed by atoms with Crippen LogP contribution < -0.4 is 4.90 Å². The summed E-state index contributed by atoms with van der Waals surface area (Å²) in [7, 11) is 0. The van der Waals surface area contributed by atoms with Crippen LogP contribution in [0.25, 0.3) is 0 Å². The van der Waals surface area contributed by atoms with Gasteiger partial charge in [0.15, 0.2) is 0 Å². The molecule has 3 aliphatic rings. The van der Waals surface area contributed by atoms with Crippen molar-refractivity contribution in [1.82, 2.24) is 4.90 Å². The second kappa shape index (κ2) is 11.2. The standard InChI is InChI=1S/C27H33ClN2O6/c1-3-5-17-35-26(34)21-20-12-13-27(36-20)22(21)24(32)30(15-8-9-16-31)23(27)25(33)29(14-4-2)19-11-7-6-10-18(19)28/h3-4,6-7,10-11,20-23,31H,1-2,5,8-9,12-17H2/t20-,21+,22-,23?,27?/m0/s1. The number of anilines is 1. The lowest BCUT2D eigenvalue weighted by molar-refractivity contribution is -0.155. The molecule has 2 unspecified atom stereocenters. The van der Waals surface area contributed by atoms with Crippen LogP contribution in [0, 0.1) is 11.8 Å². The number of hydrogen-bond donors (Lipinski definition) is 1. The molecule has 5 atom stereocenters. The summed E-state index contributed by atoms with van der Waals surface area (Å²) in [6, 6.07) is 6.09. The van der Waals surface area contributed by atoms with Crippen LogP contribution in [0.2, 0.25) is 5.02 Å². The van der Waals surface area contributed by atoms with Gasteiger partial charge in [-0.25, -0.2) is 0 Å². The molecule has 1 spiro atoms. The van der Waals surface area contributed by atoms with Gasteiger partial charge >= 0.3 is 5.97 Å². The van der Waals surface area contributed by atoms with Gasteiger partial charge in [-0.3, -0.25) is 14.4 Å². The predicted octanol–water partition coefficient (Wildman–Crippen LogP) is 3.13. The maximum Gasteiger partial charge on any atom is 0.312 e. The number of ether oxygens (including phenoxy) is 2. The summed E-state index contributed by atoms with van der Waals surface area (Å²) in [6.07, 6.45) is 5.35. The first kappa shape index (κ1) is 26.4. The second-order valence-electron chi connectivity index (χ2n) is 9.45. The van der Waals surface area contributed by atoms with Crippen molar-refractivity contribution >= 4 is 35.1 Å². The minimum atomic E-state index is -1.12. The average Bonchev–Trinajstić information content (AvgIpc) is 3.51. The molecule has 1 N–H and O–H groups in total. The van der Waals surface area contributed by atoms with E-state index in [0.717, 1.165) is 0 Å². The first-order valence-corrected chi connectivity index (χ1v) is 12.8. The van der Waals surface area contributed by atoms with Gasteiger partial charge in [-0.05, 0) is 44.2 Å². The zero-order valence-electron chi connectivity index (χ0n) is 20.3. The third-order valence-electron chi connectivity index (χ3n) is 7.40. The average molecular weight is 517 g/mol. The molecule has 3 aliphatic heterocycles. The Labute approximate surface area is 216 Å². The summed E-state index contributed by atoms with van der Waals surface area (Å²) < 4.78 is 11.9. The Morgan fingerprint density at radius 2 is 2.06 bits per heavy atom. The van der Waals surface area contributed by atoms with E-state index in [1.165, 1.54) is 4.90 Å². The Hall–Kier alpha value is -2.68. The fraction of sp³-hybridized carbons (Fsp3) is 0.519. The molecule has 0 radical (unpaired) electrons. The lowest BCUT2D eigenvalue weighted by Gasteiger charge is -2.37. The number of halogens is 1. The molecule has 1 aromatic rings. The van der Waals surface area contributed by atoms with Crippen molar-refractivity contribution in [3.63, 3.8) is 0 Å². The van der Waals surface area contributed by atoms with E-state index < -0.39 is 35.6 Å². The molecule has 1 aromatic carbocycles. The Balaban J connectivity index is 1.72. The smallest absolute Gasteiger partial charge is 0.312 e. The predicted molar refractivity (Wildman–Crippen MR) is 135 cm³/mol. The van der Waals surface area contributed by atoms with E-state index in [2.05, 4.69) is 13.2 Å². The van der Waals surface area contributed by atoms with Gasteiger partial charge in [0.05, 0.1) is 35.3 Å². The largest absolute Gasteiger partial charge is 0.465 e. The van der Waals surface area contributed by atoms with Crippen molar-refractivity contribution < 1.29 is 29.0 Å². The van der Waals surface area contributed by atoms with Crippen LogP contribution >= 0.6 is 11.6 Å². The maximum atomic E-state index is 14.3. The van der Waals surface area contributed by atoms with Crippen molar-refractivity contribution in [1.29, 1.82) is 0 Å². The molecule has 0 aliphatic carbocycles. The monoisotopic (exact) mass is 516 g/mol. The fourth-order valence-corrected chi connectivity index (χ4v) is 6.17. The lowest BCUT2D eigenvalue weighted by atomic mass is 9.70. The molecule has 3 saturated heterocycles. The van der Waals surface area contributed by atoms with Gasteiger partial charge in [0, 0.05) is 19.7 Å². The minimum absolute atomic E-state index is 0.0196. The summed E-state index contributed by atoms with van der Waals surface area (Å²) in [4.78, 5) is 44.3. The number of aliphatic hydroxyl groups is 1. The molecule has 9 heteroatoms. The molecule has 3 fully saturated rings. The van der Waals surface area contributed by atoms with E-state index in [-0.39, 0.29) is 38.1 Å². The van der Waals surface area contributed by atoms with E-state index in [9.17, 15) is 19.5 Å². The van der Waals surface area contributed by atoms with Crippen molar-refractivity contribution in [3.05, 3.63) is 54.6 Å². The van der Waals surface area contributed by atoms with Crippen molar-refractivity contribution in [3.8, 4) is 0 Å². The van der Waals surface area contributed by atoms with Gasteiger partial charge in [-0.1, -0.05) is 35.9 Å². The summed E-state index contributed by atoms with van der Waals surface area (Å²) in [6.45, 7) is 8.06. The quantitative estimate of drug-likeness (QED) is 0.260. The number of likely N-dealkylation sites (tertiary alicyclic amines) is 1. The molecule has 0 saturated carbocycles. The Bertz CT molecular complexity index is 1030. The van der Waals surface area contributed by atoms with Crippen LogP contribution in [0.3, 0.4) is 0 Å². The van der Waals surface area contributed by atoms with Crippen molar-refractivity contribution in [2.45, 2.75) is 49.9 Å². The summed E-state index contributed by atoms with van der Waals surface area (Å²) in [5.74, 6) is -2.64. The number of benzene rings is 1. The number of carbonyl (C=O) groups is 3. The zero-order valence-corrected chi connectivity index (χ0v) is 21.1. The van der Waals surface area contributed by atoms with Gasteiger partial charge in [0.1, 0.15) is 11.6 Å². The second-order valence-corrected chi connectivity index (χ2v) is 9.86. The van der Waals surface area contributed by atoms with Crippen molar-refractivity contribution in [2.24, 2.45) is 11.8 Å². The number of rotatable bonds is 12. The first-order valence-electron chi connectivity index (χ1n) is 12.4. The molecule has 3 heterocycles. The molecule has 36 heavy (non-hydrogen) atoms. The van der Waals surface area contributed by atoms with Crippen molar-refractivity contribution in [2.75, 3.05) is 31.2 Å². The number of nitrogens with zero attached hydrogens (tertiary/aromatic N) is 2. The molecule has 8 nitrogen and oxygen atoms in total. The highest BCUT2D eigenvalue weighted by Crippen LogP contribution is 2.59. The van der Waals surface area contributed by atoms with E-state index in [0.29, 0.717) is 42.8 Å². The Morgan fingerprint density at radius 3 is 2.75 bits per heavy atom. The van der Waals surface area contributed by atoms with Crippen LogP contribution in [0.5, 0.6) is 0 Å². The van der Waals surface area contributed by atoms with Crippen LogP contribution in [0.4, 0.5) is 5.69 Å². The van der Waals surface area contributed by atoms with E-state index in [1.54, 1.807) is 41.3 Å². The van der Waals surface area contributed by atoms with Gasteiger partial charge in [0.2, 0.25) is 5.91 Å². The van der Waals surface area contributed by atoms with E-state index >= 15 is 0 Å². The van der Waals surface area contributed by atoms with Gasteiger partial charge in [-0.2, -0.15) is 0 Å². The first-order chi connectivity index (χ1) is 17.4. The molecular formula is C27H33ClN2O6. The Kier molecular flexibility index (Phi) is 8.17. The topological polar surface area (TPSA) is 96.4 Å². The Morgan fingerprint density at radius 1 is 1.28 bits per heavy atom. The number of amides is 2. The SMILES string of the molecule is C=CCCOC(=O)[C@@H]1[C@@H]2CCC3(O2)C(C(=O)N(CC=C)c2ccccc2Cl)N(CCCCO)C(=O)[C@H]13. The highest BCUT2D eigenvalue weighted by molar-refractivity contribution is 6.34.